The normalized spacial score (nSPS) is 15.6. The molecular weight excluding hydrogens is 571 g/mol. The molecule has 47 heavy (non-hydrogen) atoms. The lowest BCUT2D eigenvalue weighted by Gasteiger charge is -2.16. The quantitative estimate of drug-likeness (QED) is 0.205. The fourth-order valence-electron chi connectivity index (χ4n) is 7.10. The zero-order chi connectivity index (χ0) is 31.2. The van der Waals surface area contributed by atoms with Crippen LogP contribution in [0.1, 0.15) is 17.2 Å². The summed E-state index contributed by atoms with van der Waals surface area (Å²) >= 11 is 0. The molecule has 1 aromatic heterocycles. The van der Waals surface area contributed by atoms with E-state index >= 15 is 0 Å². The van der Waals surface area contributed by atoms with Crippen LogP contribution < -0.4 is 10.6 Å². The maximum atomic E-state index is 3.42. The fourth-order valence-corrected chi connectivity index (χ4v) is 7.10. The lowest BCUT2D eigenvalue weighted by atomic mass is 9.96. The molecule has 0 saturated heterocycles. The van der Waals surface area contributed by atoms with E-state index in [0.717, 1.165) is 12.2 Å². The van der Waals surface area contributed by atoms with Crippen LogP contribution in [0.25, 0.3) is 66.1 Å². The summed E-state index contributed by atoms with van der Waals surface area (Å²) in [5.74, 6) is 0. The second-order valence-corrected chi connectivity index (χ2v) is 12.3. The molecule has 224 valence electrons. The number of para-hydroxylation sites is 1. The van der Waals surface area contributed by atoms with Gasteiger partial charge in [0.2, 0.25) is 0 Å². The molecule has 0 saturated carbocycles. The minimum Gasteiger partial charge on any atom is -0.387 e. The van der Waals surface area contributed by atoms with Crippen LogP contribution >= 0.6 is 0 Å². The van der Waals surface area contributed by atoms with E-state index in [9.17, 15) is 0 Å². The van der Waals surface area contributed by atoms with Crippen LogP contribution in [0, 0.1) is 0 Å². The van der Waals surface area contributed by atoms with E-state index in [0.29, 0.717) is 0 Å². The van der Waals surface area contributed by atoms with Crippen molar-refractivity contribution >= 4 is 38.2 Å². The average molecular weight is 604 g/mol. The first kappa shape index (κ1) is 27.3. The van der Waals surface area contributed by atoms with Crippen LogP contribution in [0.2, 0.25) is 0 Å². The van der Waals surface area contributed by atoms with Crippen molar-refractivity contribution in [2.75, 3.05) is 6.54 Å². The van der Waals surface area contributed by atoms with Gasteiger partial charge in [-0.25, -0.2) is 0 Å². The Hall–Kier alpha value is -6.06. The number of nitrogens with zero attached hydrogens (tertiary/aromatic N) is 1. The van der Waals surface area contributed by atoms with Gasteiger partial charge in [0.1, 0.15) is 0 Å². The number of benzene rings is 6. The highest BCUT2D eigenvalue weighted by Gasteiger charge is 2.17. The highest BCUT2D eigenvalue weighted by atomic mass is 15.0. The Kier molecular flexibility index (Phi) is 6.60. The van der Waals surface area contributed by atoms with E-state index in [1.165, 1.54) is 71.5 Å². The monoisotopic (exact) mass is 603 g/mol. The average Bonchev–Trinajstić information content (AvgIpc) is 3.50. The van der Waals surface area contributed by atoms with Gasteiger partial charge in [-0.2, -0.15) is 0 Å². The largest absolute Gasteiger partial charge is 0.387 e. The molecule has 1 unspecified atom stereocenters. The smallest absolute Gasteiger partial charge is 0.0695 e. The number of hydrogen-bond donors (Lipinski definition) is 2. The summed E-state index contributed by atoms with van der Waals surface area (Å²) in [7, 11) is 0. The van der Waals surface area contributed by atoms with Gasteiger partial charge in [0.25, 0.3) is 0 Å². The van der Waals surface area contributed by atoms with Gasteiger partial charge < -0.3 is 15.2 Å². The highest BCUT2D eigenvalue weighted by molar-refractivity contribution is 6.19. The molecule has 0 aliphatic carbocycles. The minimum absolute atomic E-state index is 0.208. The Morgan fingerprint density at radius 2 is 1.28 bits per heavy atom. The van der Waals surface area contributed by atoms with Gasteiger partial charge in [0, 0.05) is 28.4 Å². The first-order chi connectivity index (χ1) is 23.3. The van der Waals surface area contributed by atoms with Crippen LogP contribution in [0.3, 0.4) is 0 Å². The third-order valence-electron chi connectivity index (χ3n) is 9.52. The SMILES string of the molecule is C1=CNC(c2ccc(-c3ccc4c5ccc6cc(-c7ccc(C8=CCNC=C8)cc7)ccc6c5n(-c5ccccc5)c4c3)cc2)C=C1. The Bertz CT molecular complexity index is 2400. The van der Waals surface area contributed by atoms with Crippen molar-refractivity contribution in [1.29, 1.82) is 0 Å². The van der Waals surface area contributed by atoms with Crippen LogP contribution in [0.5, 0.6) is 0 Å². The number of rotatable bonds is 5. The highest BCUT2D eigenvalue weighted by Crippen LogP contribution is 2.39. The lowest BCUT2D eigenvalue weighted by molar-refractivity contribution is 0.746. The van der Waals surface area contributed by atoms with Crippen LogP contribution in [-0.4, -0.2) is 11.1 Å². The summed E-state index contributed by atoms with van der Waals surface area (Å²) in [6.45, 7) is 0.870. The summed E-state index contributed by atoms with van der Waals surface area (Å²) in [5, 5.41) is 11.7. The third-order valence-corrected chi connectivity index (χ3v) is 9.52. The maximum Gasteiger partial charge on any atom is 0.0695 e. The Balaban J connectivity index is 1.16. The second kappa shape index (κ2) is 11.4. The second-order valence-electron chi connectivity index (χ2n) is 12.3. The number of aromatic nitrogens is 1. The molecule has 2 aliphatic heterocycles. The molecule has 0 fully saturated rings. The number of hydrogen-bond acceptors (Lipinski definition) is 2. The standard InChI is InChI=1S/C44H33N3/c1-2-6-38(7-3-1)47-43-29-36(32-13-15-34(16-14-32)42-8-4-5-25-46-42)18-21-40(43)41-22-19-37-28-35(17-20-39(37)44(41)47)31-11-9-30(10-12-31)33-23-26-45-27-24-33/h1-26,28-29,42,45-46H,27H2. The summed E-state index contributed by atoms with van der Waals surface area (Å²) < 4.78 is 2.45. The number of allylic oxidation sites excluding steroid dienone is 4. The van der Waals surface area contributed by atoms with E-state index in [2.05, 4.69) is 167 Å². The molecular formula is C44H33N3. The topological polar surface area (TPSA) is 29.0 Å². The van der Waals surface area contributed by atoms with Crippen LogP contribution in [0.15, 0.2) is 170 Å². The summed E-state index contributed by atoms with van der Waals surface area (Å²) in [4.78, 5) is 0. The molecule has 9 rings (SSSR count). The fraction of sp³-hybridized carbons (Fsp3) is 0.0455. The molecule has 0 radical (unpaired) electrons. The molecule has 7 aromatic rings. The summed E-state index contributed by atoms with van der Waals surface area (Å²) in [6, 6.07) is 47.2. The van der Waals surface area contributed by atoms with Crippen molar-refractivity contribution in [3.05, 3.63) is 181 Å². The van der Waals surface area contributed by atoms with Crippen molar-refractivity contribution in [3.63, 3.8) is 0 Å². The zero-order valence-electron chi connectivity index (χ0n) is 25.9. The lowest BCUT2D eigenvalue weighted by Crippen LogP contribution is -2.14. The molecule has 0 bridgehead atoms. The van der Waals surface area contributed by atoms with Crippen LogP contribution in [-0.2, 0) is 0 Å². The molecule has 0 spiro atoms. The van der Waals surface area contributed by atoms with Gasteiger partial charge in [-0.1, -0.05) is 121 Å². The molecule has 1 atom stereocenters. The Morgan fingerprint density at radius 3 is 2.02 bits per heavy atom. The van der Waals surface area contributed by atoms with Gasteiger partial charge in [-0.15, -0.1) is 0 Å². The number of nitrogens with one attached hydrogen (secondary N) is 2. The van der Waals surface area contributed by atoms with E-state index in [4.69, 9.17) is 0 Å². The minimum atomic E-state index is 0.208. The Labute approximate surface area is 274 Å². The van der Waals surface area contributed by atoms with Crippen molar-refractivity contribution in [1.82, 2.24) is 15.2 Å². The van der Waals surface area contributed by atoms with E-state index < -0.39 is 0 Å². The molecule has 3 heterocycles. The van der Waals surface area contributed by atoms with Crippen LogP contribution in [0.4, 0.5) is 0 Å². The predicted molar refractivity (Wildman–Crippen MR) is 198 cm³/mol. The number of fused-ring (bicyclic) bond motifs is 5. The van der Waals surface area contributed by atoms with Gasteiger partial charge in [-0.05, 0) is 93.2 Å². The molecule has 3 nitrogen and oxygen atoms in total. The van der Waals surface area contributed by atoms with Crippen molar-refractivity contribution in [2.24, 2.45) is 0 Å². The van der Waals surface area contributed by atoms with Crippen molar-refractivity contribution < 1.29 is 0 Å². The number of dihydropyridines is 2. The molecule has 6 aromatic carbocycles. The third kappa shape index (κ3) is 4.84. The molecule has 2 N–H and O–H groups in total. The first-order valence-corrected chi connectivity index (χ1v) is 16.3. The molecule has 3 heteroatoms. The zero-order valence-corrected chi connectivity index (χ0v) is 25.9. The predicted octanol–water partition coefficient (Wildman–Crippen LogP) is 10.5. The maximum absolute atomic E-state index is 3.42. The first-order valence-electron chi connectivity index (χ1n) is 16.3. The molecule has 2 aliphatic rings. The van der Waals surface area contributed by atoms with Crippen molar-refractivity contribution in [2.45, 2.75) is 6.04 Å². The van der Waals surface area contributed by atoms with E-state index in [1.807, 2.05) is 18.5 Å². The van der Waals surface area contributed by atoms with E-state index in [1.54, 1.807) is 0 Å². The van der Waals surface area contributed by atoms with Gasteiger partial charge >= 0.3 is 0 Å². The molecule has 0 amide bonds. The van der Waals surface area contributed by atoms with Gasteiger partial charge in [0.15, 0.2) is 0 Å². The van der Waals surface area contributed by atoms with Gasteiger partial charge in [0.05, 0.1) is 17.1 Å². The summed E-state index contributed by atoms with van der Waals surface area (Å²) in [5.41, 5.74) is 12.2. The van der Waals surface area contributed by atoms with E-state index in [-0.39, 0.29) is 6.04 Å². The van der Waals surface area contributed by atoms with Gasteiger partial charge in [-0.3, -0.25) is 0 Å². The summed E-state index contributed by atoms with van der Waals surface area (Å²) in [6.07, 6.45) is 14.7. The Morgan fingerprint density at radius 1 is 0.574 bits per heavy atom. The van der Waals surface area contributed by atoms with Crippen molar-refractivity contribution in [3.8, 4) is 27.9 Å².